The molecular formula is C14H24O2S. The first kappa shape index (κ1) is 13.1. The Morgan fingerprint density at radius 1 is 1.24 bits per heavy atom. The van der Waals surface area contributed by atoms with Gasteiger partial charge in [-0.25, -0.2) is 0 Å². The van der Waals surface area contributed by atoms with E-state index in [1.807, 2.05) is 6.26 Å². The summed E-state index contributed by atoms with van der Waals surface area (Å²) in [6.07, 6.45) is 10.9. The summed E-state index contributed by atoms with van der Waals surface area (Å²) in [7, 11) is -0.557. The zero-order valence-electron chi connectivity index (χ0n) is 10.8. The maximum absolute atomic E-state index is 11.3. The minimum atomic E-state index is -0.557. The predicted molar refractivity (Wildman–Crippen MR) is 72.3 cm³/mol. The maximum atomic E-state index is 11.3. The summed E-state index contributed by atoms with van der Waals surface area (Å²) in [5.41, 5.74) is 1.49. The van der Waals surface area contributed by atoms with E-state index in [1.165, 1.54) is 37.7 Å². The van der Waals surface area contributed by atoms with Gasteiger partial charge in [0.05, 0.1) is 12.4 Å². The Morgan fingerprint density at radius 3 is 2.53 bits per heavy atom. The molecule has 17 heavy (non-hydrogen) atoms. The summed E-state index contributed by atoms with van der Waals surface area (Å²) in [4.78, 5) is 0. The monoisotopic (exact) mass is 256 g/mol. The second-order valence-electron chi connectivity index (χ2n) is 5.36. The molecule has 2 nitrogen and oxygen atoms in total. The summed E-state index contributed by atoms with van der Waals surface area (Å²) >= 11 is 0. The summed E-state index contributed by atoms with van der Waals surface area (Å²) < 4.78 is 17.2. The number of allylic oxidation sites excluding steroid dienone is 1. The number of ether oxygens (including phenoxy) is 1. The third kappa shape index (κ3) is 4.13. The molecule has 0 N–H and O–H groups in total. The lowest BCUT2D eigenvalue weighted by atomic mass is 9.95. The minimum absolute atomic E-state index is 0.293. The molecule has 0 bridgehead atoms. The number of rotatable bonds is 3. The first-order valence-electron chi connectivity index (χ1n) is 6.94. The molecule has 2 rings (SSSR count). The molecule has 1 unspecified atom stereocenters. The zero-order chi connectivity index (χ0) is 12.1. The highest BCUT2D eigenvalue weighted by atomic mass is 32.2. The van der Waals surface area contributed by atoms with Crippen LogP contribution in [-0.4, -0.2) is 21.8 Å². The Labute approximate surface area is 107 Å². The van der Waals surface area contributed by atoms with E-state index in [0.29, 0.717) is 12.0 Å². The van der Waals surface area contributed by atoms with Crippen LogP contribution in [0.15, 0.2) is 11.8 Å². The molecule has 98 valence electrons. The summed E-state index contributed by atoms with van der Waals surface area (Å²) in [6.45, 7) is 2.17. The van der Waals surface area contributed by atoms with E-state index >= 15 is 0 Å². The van der Waals surface area contributed by atoms with Crippen molar-refractivity contribution >= 4 is 10.8 Å². The highest BCUT2D eigenvalue weighted by Gasteiger charge is 2.23. The summed E-state index contributed by atoms with van der Waals surface area (Å²) in [5.74, 6) is 2.34. The van der Waals surface area contributed by atoms with E-state index < -0.39 is 10.8 Å². The van der Waals surface area contributed by atoms with Gasteiger partial charge in [0, 0.05) is 22.3 Å². The zero-order valence-corrected chi connectivity index (χ0v) is 11.6. The Hall–Kier alpha value is -0.310. The molecule has 0 aromatic carbocycles. The highest BCUT2D eigenvalue weighted by Crippen LogP contribution is 2.25. The highest BCUT2D eigenvalue weighted by molar-refractivity contribution is 7.85. The van der Waals surface area contributed by atoms with Crippen LogP contribution in [0.4, 0.5) is 0 Å². The molecule has 2 aliphatic rings. The summed E-state index contributed by atoms with van der Waals surface area (Å²) in [5, 5.41) is 0. The van der Waals surface area contributed by atoms with Gasteiger partial charge in [-0.1, -0.05) is 6.42 Å². The van der Waals surface area contributed by atoms with Gasteiger partial charge in [0.1, 0.15) is 0 Å². The Kier molecular flexibility index (Phi) is 5.08. The average molecular weight is 256 g/mol. The van der Waals surface area contributed by atoms with Gasteiger partial charge in [-0.2, -0.15) is 0 Å². The van der Waals surface area contributed by atoms with Gasteiger partial charge in [0.15, 0.2) is 0 Å². The van der Waals surface area contributed by atoms with Crippen LogP contribution in [0.2, 0.25) is 0 Å². The van der Waals surface area contributed by atoms with Crippen LogP contribution in [0.25, 0.3) is 0 Å². The molecule has 0 aromatic heterocycles. The standard InChI is InChI=1S/C14H24O2S/c1-12(14-7-9-17(15)10-8-14)16-11-13-5-3-2-4-6-13/h11-12,14H,2-10H2,1H3. The Balaban J connectivity index is 1.76. The van der Waals surface area contributed by atoms with Crippen molar-refractivity contribution in [3.8, 4) is 0 Å². The van der Waals surface area contributed by atoms with Crippen LogP contribution < -0.4 is 0 Å². The van der Waals surface area contributed by atoms with E-state index in [9.17, 15) is 4.21 Å². The fraction of sp³-hybridized carbons (Fsp3) is 0.857. The lowest BCUT2D eigenvalue weighted by Gasteiger charge is -2.27. The van der Waals surface area contributed by atoms with Crippen LogP contribution in [0.1, 0.15) is 51.9 Å². The van der Waals surface area contributed by atoms with Crippen molar-refractivity contribution in [3.63, 3.8) is 0 Å². The van der Waals surface area contributed by atoms with Gasteiger partial charge >= 0.3 is 0 Å². The van der Waals surface area contributed by atoms with Crippen LogP contribution in [0, 0.1) is 5.92 Å². The first-order chi connectivity index (χ1) is 8.25. The molecule has 1 saturated heterocycles. The van der Waals surface area contributed by atoms with Crippen molar-refractivity contribution in [2.45, 2.75) is 58.0 Å². The molecule has 1 saturated carbocycles. The van der Waals surface area contributed by atoms with Crippen molar-refractivity contribution in [2.24, 2.45) is 5.92 Å². The van der Waals surface area contributed by atoms with Crippen molar-refractivity contribution in [2.75, 3.05) is 11.5 Å². The molecule has 1 aliphatic heterocycles. The van der Waals surface area contributed by atoms with Crippen LogP contribution in [0.5, 0.6) is 0 Å². The Bertz CT molecular complexity index is 281. The van der Waals surface area contributed by atoms with Crippen LogP contribution in [-0.2, 0) is 15.5 Å². The topological polar surface area (TPSA) is 26.3 Å². The molecular weight excluding hydrogens is 232 g/mol. The third-order valence-electron chi connectivity index (χ3n) is 4.04. The number of hydrogen-bond donors (Lipinski definition) is 0. The van der Waals surface area contributed by atoms with E-state index in [0.717, 1.165) is 24.3 Å². The largest absolute Gasteiger partial charge is 0.498 e. The molecule has 1 heterocycles. The molecule has 0 aromatic rings. The van der Waals surface area contributed by atoms with Gasteiger partial charge in [-0.05, 0) is 56.9 Å². The van der Waals surface area contributed by atoms with Gasteiger partial charge in [-0.15, -0.1) is 0 Å². The molecule has 1 atom stereocenters. The molecule has 0 radical (unpaired) electrons. The molecule has 2 fully saturated rings. The van der Waals surface area contributed by atoms with Crippen molar-refractivity contribution in [1.29, 1.82) is 0 Å². The van der Waals surface area contributed by atoms with Gasteiger partial charge in [0.25, 0.3) is 0 Å². The number of hydrogen-bond acceptors (Lipinski definition) is 2. The maximum Gasteiger partial charge on any atom is 0.0979 e. The second kappa shape index (κ2) is 6.58. The van der Waals surface area contributed by atoms with E-state index in [2.05, 4.69) is 6.92 Å². The SMILES string of the molecule is CC(OC=C1CCCCC1)C1CCS(=O)CC1. The first-order valence-corrected chi connectivity index (χ1v) is 8.43. The lowest BCUT2D eigenvalue weighted by Crippen LogP contribution is -2.27. The molecule has 0 amide bonds. The third-order valence-corrected chi connectivity index (χ3v) is 5.42. The van der Waals surface area contributed by atoms with Crippen molar-refractivity contribution in [1.82, 2.24) is 0 Å². The Morgan fingerprint density at radius 2 is 1.88 bits per heavy atom. The van der Waals surface area contributed by atoms with Crippen molar-refractivity contribution < 1.29 is 8.95 Å². The minimum Gasteiger partial charge on any atom is -0.498 e. The van der Waals surface area contributed by atoms with Gasteiger partial charge in [0.2, 0.25) is 0 Å². The predicted octanol–water partition coefficient (Wildman–Crippen LogP) is 3.40. The lowest BCUT2D eigenvalue weighted by molar-refractivity contribution is 0.0943. The summed E-state index contributed by atoms with van der Waals surface area (Å²) in [6, 6.07) is 0. The smallest absolute Gasteiger partial charge is 0.0979 e. The molecule has 1 aliphatic carbocycles. The van der Waals surface area contributed by atoms with Gasteiger partial charge < -0.3 is 4.74 Å². The van der Waals surface area contributed by atoms with E-state index in [1.54, 1.807) is 0 Å². The van der Waals surface area contributed by atoms with Crippen LogP contribution in [0.3, 0.4) is 0 Å². The van der Waals surface area contributed by atoms with E-state index in [-0.39, 0.29) is 0 Å². The molecule has 3 heteroatoms. The quantitative estimate of drug-likeness (QED) is 0.723. The normalized spacial score (nSPS) is 31.9. The van der Waals surface area contributed by atoms with Crippen molar-refractivity contribution in [3.05, 3.63) is 11.8 Å². The van der Waals surface area contributed by atoms with E-state index in [4.69, 9.17) is 4.74 Å². The fourth-order valence-electron chi connectivity index (χ4n) is 2.72. The average Bonchev–Trinajstić information content (AvgIpc) is 2.38. The fourth-order valence-corrected chi connectivity index (χ4v) is 4.06. The van der Waals surface area contributed by atoms with Gasteiger partial charge in [-0.3, -0.25) is 4.21 Å². The van der Waals surface area contributed by atoms with Crippen LogP contribution >= 0.6 is 0 Å². The second-order valence-corrected chi connectivity index (χ2v) is 7.06. The molecule has 0 spiro atoms.